The summed E-state index contributed by atoms with van der Waals surface area (Å²) >= 11 is 1.67. The van der Waals surface area contributed by atoms with Gasteiger partial charge in [-0.25, -0.2) is 4.79 Å². The van der Waals surface area contributed by atoms with E-state index in [1.807, 2.05) is 30.5 Å². The number of rotatable bonds is 6. The van der Waals surface area contributed by atoms with Crippen molar-refractivity contribution in [2.45, 2.75) is 43.0 Å². The summed E-state index contributed by atoms with van der Waals surface area (Å²) < 4.78 is 0. The topological polar surface area (TPSA) is 44.4 Å². The van der Waals surface area contributed by atoms with E-state index < -0.39 is 0 Å². The van der Waals surface area contributed by atoms with Crippen LogP contribution < -0.4 is 10.6 Å². The Balaban J connectivity index is 1.85. The minimum Gasteiger partial charge on any atom is -0.336 e. The summed E-state index contributed by atoms with van der Waals surface area (Å²) in [6.07, 6.45) is 8.59. The lowest BCUT2D eigenvalue weighted by Gasteiger charge is -2.34. The maximum Gasteiger partial charge on any atom is 0.319 e. The molecule has 2 amide bonds. The summed E-state index contributed by atoms with van der Waals surface area (Å²) in [5.41, 5.74) is 0.841. The number of amides is 2. The van der Waals surface area contributed by atoms with Gasteiger partial charge in [-0.1, -0.05) is 25.3 Å². The van der Waals surface area contributed by atoms with Gasteiger partial charge in [-0.3, -0.25) is 0 Å². The number of carbonyl (C=O) groups is 1. The molecule has 0 aromatic heterocycles. The van der Waals surface area contributed by atoms with Crippen LogP contribution in [-0.4, -0.2) is 43.9 Å². The SMILES string of the molecule is CSc1cccc(NC(=O)NC[C@@H](C2CCCCC2)N(C)C)c1. The Hall–Kier alpha value is -1.20. The molecule has 1 aromatic rings. The van der Waals surface area contributed by atoms with Gasteiger partial charge in [0, 0.05) is 23.2 Å². The maximum absolute atomic E-state index is 12.2. The third kappa shape index (κ3) is 5.74. The number of carbonyl (C=O) groups excluding carboxylic acids is 1. The van der Waals surface area contributed by atoms with Gasteiger partial charge in [0.15, 0.2) is 0 Å². The van der Waals surface area contributed by atoms with E-state index in [-0.39, 0.29) is 6.03 Å². The standard InChI is InChI=1S/C18H29N3OS/c1-21(2)17(14-8-5-4-6-9-14)13-19-18(22)20-15-10-7-11-16(12-15)23-3/h7,10-12,14,17H,4-6,8-9,13H2,1-3H3,(H2,19,20,22)/t17-/m0/s1. The van der Waals surface area contributed by atoms with Gasteiger partial charge in [-0.05, 0) is 57.3 Å². The normalized spacial score (nSPS) is 17.0. The zero-order valence-corrected chi connectivity index (χ0v) is 15.3. The Kier molecular flexibility index (Phi) is 7.24. The van der Waals surface area contributed by atoms with E-state index in [9.17, 15) is 4.79 Å². The zero-order valence-electron chi connectivity index (χ0n) is 14.5. The lowest BCUT2D eigenvalue weighted by Crippen LogP contribution is -2.46. The second-order valence-corrected chi connectivity index (χ2v) is 7.38. The number of hydrogen-bond donors (Lipinski definition) is 2. The number of nitrogens with one attached hydrogen (secondary N) is 2. The molecule has 5 heteroatoms. The van der Waals surface area contributed by atoms with Gasteiger partial charge in [0.05, 0.1) is 0 Å². The van der Waals surface area contributed by atoms with Gasteiger partial charge >= 0.3 is 6.03 Å². The fourth-order valence-electron chi connectivity index (χ4n) is 3.36. The van der Waals surface area contributed by atoms with Gasteiger partial charge < -0.3 is 15.5 Å². The third-order valence-corrected chi connectivity index (χ3v) is 5.38. The van der Waals surface area contributed by atoms with E-state index >= 15 is 0 Å². The van der Waals surface area contributed by atoms with Crippen molar-refractivity contribution in [3.05, 3.63) is 24.3 Å². The molecule has 1 atom stereocenters. The van der Waals surface area contributed by atoms with Gasteiger partial charge in [-0.15, -0.1) is 11.8 Å². The molecule has 0 heterocycles. The van der Waals surface area contributed by atoms with Crippen molar-refractivity contribution in [1.82, 2.24) is 10.2 Å². The van der Waals surface area contributed by atoms with Crippen LogP contribution in [0.25, 0.3) is 0 Å². The molecule has 128 valence electrons. The van der Waals surface area contributed by atoms with Crippen molar-refractivity contribution in [3.63, 3.8) is 0 Å². The zero-order chi connectivity index (χ0) is 16.7. The van der Waals surface area contributed by atoms with E-state index in [4.69, 9.17) is 0 Å². The highest BCUT2D eigenvalue weighted by atomic mass is 32.2. The van der Waals surface area contributed by atoms with Gasteiger partial charge in [0.2, 0.25) is 0 Å². The monoisotopic (exact) mass is 335 g/mol. The molecule has 2 N–H and O–H groups in total. The third-order valence-electron chi connectivity index (χ3n) is 4.66. The molecule has 0 unspecified atom stereocenters. The largest absolute Gasteiger partial charge is 0.336 e. The van der Waals surface area contributed by atoms with Crippen LogP contribution in [0, 0.1) is 5.92 Å². The summed E-state index contributed by atoms with van der Waals surface area (Å²) in [6, 6.07) is 8.22. The minimum atomic E-state index is -0.120. The molecule has 2 rings (SSSR count). The second-order valence-electron chi connectivity index (χ2n) is 6.50. The highest BCUT2D eigenvalue weighted by Crippen LogP contribution is 2.28. The maximum atomic E-state index is 12.2. The first-order chi connectivity index (χ1) is 11.1. The molecule has 1 aromatic carbocycles. The van der Waals surface area contributed by atoms with E-state index in [0.717, 1.165) is 10.6 Å². The molecular formula is C18H29N3OS. The second kappa shape index (κ2) is 9.18. The van der Waals surface area contributed by atoms with Crippen molar-refractivity contribution in [3.8, 4) is 0 Å². The van der Waals surface area contributed by atoms with Gasteiger partial charge in [0.1, 0.15) is 0 Å². The Morgan fingerprint density at radius 2 is 2.04 bits per heavy atom. The number of thioether (sulfide) groups is 1. The van der Waals surface area contributed by atoms with Crippen LogP contribution in [-0.2, 0) is 0 Å². The predicted octanol–water partition coefficient (Wildman–Crippen LogP) is 4.04. The molecule has 0 saturated heterocycles. The predicted molar refractivity (Wildman–Crippen MR) is 99.3 cm³/mol. The number of hydrogen-bond acceptors (Lipinski definition) is 3. The van der Waals surface area contributed by atoms with Gasteiger partial charge in [0.25, 0.3) is 0 Å². The van der Waals surface area contributed by atoms with Crippen molar-refractivity contribution < 1.29 is 4.79 Å². The summed E-state index contributed by atoms with van der Waals surface area (Å²) in [5, 5.41) is 5.98. The van der Waals surface area contributed by atoms with Crippen LogP contribution in [0.1, 0.15) is 32.1 Å². The Morgan fingerprint density at radius 3 is 2.70 bits per heavy atom. The van der Waals surface area contributed by atoms with Gasteiger partial charge in [-0.2, -0.15) is 0 Å². The van der Waals surface area contributed by atoms with Crippen molar-refractivity contribution in [2.24, 2.45) is 5.92 Å². The highest BCUT2D eigenvalue weighted by molar-refractivity contribution is 7.98. The van der Waals surface area contributed by atoms with Crippen LogP contribution in [0.4, 0.5) is 10.5 Å². The van der Waals surface area contributed by atoms with E-state index in [1.54, 1.807) is 11.8 Å². The Morgan fingerprint density at radius 1 is 1.30 bits per heavy atom. The fraction of sp³-hybridized carbons (Fsp3) is 0.611. The highest BCUT2D eigenvalue weighted by Gasteiger charge is 2.25. The van der Waals surface area contributed by atoms with Crippen molar-refractivity contribution in [2.75, 3.05) is 32.2 Å². The molecule has 0 aliphatic heterocycles. The Labute approximate surface area is 144 Å². The molecule has 23 heavy (non-hydrogen) atoms. The number of urea groups is 1. The Bertz CT molecular complexity index is 501. The van der Waals surface area contributed by atoms with Crippen LogP contribution in [0.3, 0.4) is 0 Å². The summed E-state index contributed by atoms with van der Waals surface area (Å²) in [6.45, 7) is 0.700. The lowest BCUT2D eigenvalue weighted by atomic mass is 9.83. The smallest absolute Gasteiger partial charge is 0.319 e. The number of likely N-dealkylation sites (N-methyl/N-ethyl adjacent to an activating group) is 1. The van der Waals surface area contributed by atoms with E-state index in [0.29, 0.717) is 18.5 Å². The molecular weight excluding hydrogens is 306 g/mol. The summed E-state index contributed by atoms with van der Waals surface area (Å²) in [4.78, 5) is 15.6. The lowest BCUT2D eigenvalue weighted by molar-refractivity contribution is 0.167. The average Bonchev–Trinajstić information content (AvgIpc) is 2.56. The van der Waals surface area contributed by atoms with Crippen molar-refractivity contribution in [1.29, 1.82) is 0 Å². The first-order valence-corrected chi connectivity index (χ1v) is 9.68. The average molecular weight is 336 g/mol. The molecule has 0 bridgehead atoms. The van der Waals surface area contributed by atoms with Crippen LogP contribution in [0.5, 0.6) is 0 Å². The molecule has 1 aliphatic carbocycles. The number of benzene rings is 1. The van der Waals surface area contributed by atoms with E-state index in [1.165, 1.54) is 32.1 Å². The molecule has 1 saturated carbocycles. The first-order valence-electron chi connectivity index (χ1n) is 8.45. The molecule has 1 aliphatic rings. The molecule has 4 nitrogen and oxygen atoms in total. The molecule has 0 spiro atoms. The van der Waals surface area contributed by atoms with Crippen LogP contribution in [0.2, 0.25) is 0 Å². The molecule has 1 fully saturated rings. The van der Waals surface area contributed by atoms with Crippen LogP contribution >= 0.6 is 11.8 Å². The van der Waals surface area contributed by atoms with Crippen molar-refractivity contribution >= 4 is 23.5 Å². The summed E-state index contributed by atoms with van der Waals surface area (Å²) in [7, 11) is 4.22. The quantitative estimate of drug-likeness (QED) is 0.771. The van der Waals surface area contributed by atoms with E-state index in [2.05, 4.69) is 29.6 Å². The fourth-order valence-corrected chi connectivity index (χ4v) is 3.82. The molecule has 0 radical (unpaired) electrons. The minimum absolute atomic E-state index is 0.120. The number of anilines is 1. The van der Waals surface area contributed by atoms with Crippen LogP contribution in [0.15, 0.2) is 29.2 Å². The first kappa shape index (κ1) is 18.1. The number of nitrogens with zero attached hydrogens (tertiary/aromatic N) is 1. The summed E-state index contributed by atoms with van der Waals surface area (Å²) in [5.74, 6) is 0.693.